The Labute approximate surface area is 115 Å². The summed E-state index contributed by atoms with van der Waals surface area (Å²) >= 11 is 5.80. The van der Waals surface area contributed by atoms with Crippen molar-refractivity contribution in [3.8, 4) is 17.8 Å². The van der Waals surface area contributed by atoms with E-state index in [2.05, 4.69) is 4.98 Å². The number of nitrogens with zero attached hydrogens (tertiary/aromatic N) is 3. The highest BCUT2D eigenvalue weighted by Crippen LogP contribution is 2.22. The average molecular weight is 276 g/mol. The lowest BCUT2D eigenvalue weighted by Gasteiger charge is -2.11. The van der Waals surface area contributed by atoms with Crippen LogP contribution in [-0.2, 0) is 6.54 Å². The van der Waals surface area contributed by atoms with E-state index in [1.165, 1.54) is 0 Å². The number of nitriles is 1. The van der Waals surface area contributed by atoms with Crippen LogP contribution in [0.4, 0.5) is 0 Å². The summed E-state index contributed by atoms with van der Waals surface area (Å²) in [4.78, 5) is 4.03. The van der Waals surface area contributed by atoms with Crippen LogP contribution in [0.25, 0.3) is 0 Å². The van der Waals surface area contributed by atoms with Crippen molar-refractivity contribution in [2.45, 2.75) is 12.6 Å². The highest BCUT2D eigenvalue weighted by atomic mass is 35.5. The van der Waals surface area contributed by atoms with Crippen molar-refractivity contribution in [1.82, 2.24) is 9.55 Å². The number of fused-ring (bicyclic) bond motifs is 1. The first kappa shape index (κ1) is 11.9. The predicted molar refractivity (Wildman–Crippen MR) is 68.3 cm³/mol. The van der Waals surface area contributed by atoms with Gasteiger partial charge in [0.2, 0.25) is 0 Å². The van der Waals surface area contributed by atoms with E-state index in [1.807, 2.05) is 22.8 Å². The van der Waals surface area contributed by atoms with E-state index in [4.69, 9.17) is 26.3 Å². The Morgan fingerprint density at radius 1 is 1.47 bits per heavy atom. The second-order valence-corrected chi connectivity index (χ2v) is 4.61. The zero-order valence-electron chi connectivity index (χ0n) is 9.91. The van der Waals surface area contributed by atoms with Crippen LogP contribution in [0.5, 0.6) is 11.8 Å². The molecule has 0 unspecified atom stereocenters. The third kappa shape index (κ3) is 2.49. The molecule has 1 aromatic heterocycles. The molecule has 19 heavy (non-hydrogen) atoms. The van der Waals surface area contributed by atoms with Gasteiger partial charge in [-0.05, 0) is 24.3 Å². The van der Waals surface area contributed by atoms with Crippen molar-refractivity contribution in [3.05, 3.63) is 41.2 Å². The number of hydrogen-bond donors (Lipinski definition) is 0. The molecule has 0 saturated heterocycles. The Morgan fingerprint density at radius 3 is 2.95 bits per heavy atom. The van der Waals surface area contributed by atoms with Gasteiger partial charge in [0.05, 0.1) is 6.54 Å². The van der Waals surface area contributed by atoms with Crippen LogP contribution < -0.4 is 9.47 Å². The van der Waals surface area contributed by atoms with Crippen molar-refractivity contribution in [1.29, 1.82) is 5.26 Å². The Morgan fingerprint density at radius 2 is 2.26 bits per heavy atom. The minimum absolute atomic E-state index is 0.0917. The fraction of sp³-hybridized carbons (Fsp3) is 0.231. The Balaban J connectivity index is 1.57. The number of hydrogen-bond acceptors (Lipinski definition) is 4. The number of imidazole rings is 1. The Hall–Kier alpha value is -2.19. The largest absolute Gasteiger partial charge is 0.490 e. The topological polar surface area (TPSA) is 60.1 Å². The van der Waals surface area contributed by atoms with Gasteiger partial charge in [0.1, 0.15) is 18.4 Å². The van der Waals surface area contributed by atoms with Crippen molar-refractivity contribution < 1.29 is 9.47 Å². The fourth-order valence-corrected chi connectivity index (χ4v) is 2.02. The molecule has 0 aliphatic carbocycles. The van der Waals surface area contributed by atoms with Gasteiger partial charge in [-0.3, -0.25) is 4.57 Å². The van der Waals surface area contributed by atoms with Crippen molar-refractivity contribution in [2.24, 2.45) is 0 Å². The van der Waals surface area contributed by atoms with Gasteiger partial charge in [-0.2, -0.15) is 10.2 Å². The highest BCUT2D eigenvalue weighted by Gasteiger charge is 2.25. The third-order valence-corrected chi connectivity index (χ3v) is 3.03. The first-order valence-corrected chi connectivity index (χ1v) is 6.14. The molecule has 1 aliphatic rings. The number of aromatic nitrogens is 2. The lowest BCUT2D eigenvalue weighted by molar-refractivity contribution is 0.143. The van der Waals surface area contributed by atoms with E-state index in [0.29, 0.717) is 29.9 Å². The molecule has 0 bridgehead atoms. The second kappa shape index (κ2) is 4.82. The molecule has 0 radical (unpaired) electrons. The van der Waals surface area contributed by atoms with Gasteiger partial charge < -0.3 is 9.47 Å². The smallest absolute Gasteiger partial charge is 0.298 e. The maximum absolute atomic E-state index is 8.72. The lowest BCUT2D eigenvalue weighted by Crippen LogP contribution is -2.23. The number of halogens is 1. The Kier molecular flexibility index (Phi) is 3.02. The van der Waals surface area contributed by atoms with Crippen LogP contribution in [0.15, 0.2) is 30.5 Å². The highest BCUT2D eigenvalue weighted by molar-refractivity contribution is 6.30. The molecule has 0 spiro atoms. The van der Waals surface area contributed by atoms with Crippen LogP contribution in [-0.4, -0.2) is 22.3 Å². The van der Waals surface area contributed by atoms with Crippen molar-refractivity contribution in [3.63, 3.8) is 0 Å². The average Bonchev–Trinajstić information content (AvgIpc) is 2.95. The Bertz CT molecular complexity index is 607. The maximum Gasteiger partial charge on any atom is 0.298 e. The van der Waals surface area contributed by atoms with Gasteiger partial charge in [-0.1, -0.05) is 11.6 Å². The zero-order chi connectivity index (χ0) is 13.2. The minimum atomic E-state index is -0.0917. The summed E-state index contributed by atoms with van der Waals surface area (Å²) < 4.78 is 13.0. The summed E-state index contributed by atoms with van der Waals surface area (Å²) in [6.07, 6.45) is 1.59. The van der Waals surface area contributed by atoms with E-state index < -0.39 is 0 Å². The van der Waals surface area contributed by atoms with Gasteiger partial charge in [0, 0.05) is 11.2 Å². The number of rotatable bonds is 3. The van der Waals surface area contributed by atoms with E-state index in [0.717, 1.165) is 5.75 Å². The fourth-order valence-electron chi connectivity index (χ4n) is 1.89. The molecule has 0 amide bonds. The molecule has 0 N–H and O–H groups in total. The SMILES string of the molecule is N#Cc1cn2c(n1)O[C@H](COc1ccc(Cl)cc1)C2. The molecule has 96 valence electrons. The normalized spacial score (nSPS) is 16.5. The monoisotopic (exact) mass is 275 g/mol. The van der Waals surface area contributed by atoms with Crippen LogP contribution >= 0.6 is 11.6 Å². The first-order chi connectivity index (χ1) is 9.24. The van der Waals surface area contributed by atoms with E-state index in [-0.39, 0.29) is 6.10 Å². The van der Waals surface area contributed by atoms with Crippen molar-refractivity contribution in [2.75, 3.05) is 6.61 Å². The van der Waals surface area contributed by atoms with Crippen LogP contribution in [0.2, 0.25) is 5.02 Å². The summed E-state index contributed by atoms with van der Waals surface area (Å²) in [5, 5.41) is 9.39. The van der Waals surface area contributed by atoms with Gasteiger partial charge in [0.25, 0.3) is 6.01 Å². The number of benzene rings is 1. The molecule has 5 nitrogen and oxygen atoms in total. The maximum atomic E-state index is 8.72. The molecular formula is C13H10ClN3O2. The van der Waals surface area contributed by atoms with E-state index in [9.17, 15) is 0 Å². The molecule has 1 aliphatic heterocycles. The molecule has 1 aromatic carbocycles. The second-order valence-electron chi connectivity index (χ2n) is 4.18. The van der Waals surface area contributed by atoms with Gasteiger partial charge in [-0.15, -0.1) is 0 Å². The summed E-state index contributed by atoms with van der Waals surface area (Å²) in [5.41, 5.74) is 0.368. The first-order valence-electron chi connectivity index (χ1n) is 5.77. The summed E-state index contributed by atoms with van der Waals surface area (Å²) in [5.74, 6) is 0.746. The van der Waals surface area contributed by atoms with E-state index >= 15 is 0 Å². The predicted octanol–water partition coefficient (Wildman–Crippen LogP) is 2.25. The van der Waals surface area contributed by atoms with Crippen LogP contribution in [0, 0.1) is 11.3 Å². The molecule has 2 heterocycles. The molecule has 0 fully saturated rings. The molecule has 1 atom stereocenters. The number of ether oxygens (including phenoxy) is 2. The van der Waals surface area contributed by atoms with Crippen molar-refractivity contribution >= 4 is 11.6 Å². The third-order valence-electron chi connectivity index (χ3n) is 2.78. The standard InChI is InChI=1S/C13H10ClN3O2/c14-9-1-3-11(4-2-9)18-8-12-7-17-6-10(5-15)16-13(17)19-12/h1-4,6,12H,7-8H2/t12-/m0/s1. The minimum Gasteiger partial charge on any atom is -0.490 e. The van der Waals surface area contributed by atoms with Gasteiger partial charge >= 0.3 is 0 Å². The molecule has 0 saturated carbocycles. The van der Waals surface area contributed by atoms with Crippen LogP contribution in [0.1, 0.15) is 5.69 Å². The summed E-state index contributed by atoms with van der Waals surface area (Å²) in [6.45, 7) is 1.06. The van der Waals surface area contributed by atoms with Gasteiger partial charge in [0.15, 0.2) is 11.8 Å². The quantitative estimate of drug-likeness (QED) is 0.862. The molecular weight excluding hydrogens is 266 g/mol. The molecule has 3 rings (SSSR count). The molecule has 6 heteroatoms. The lowest BCUT2D eigenvalue weighted by atomic mass is 10.3. The van der Waals surface area contributed by atoms with Gasteiger partial charge in [-0.25, -0.2) is 0 Å². The summed E-state index contributed by atoms with van der Waals surface area (Å²) in [6, 6.07) is 9.62. The summed E-state index contributed by atoms with van der Waals surface area (Å²) in [7, 11) is 0. The van der Waals surface area contributed by atoms with Crippen LogP contribution in [0.3, 0.4) is 0 Å². The zero-order valence-corrected chi connectivity index (χ0v) is 10.7. The molecule has 2 aromatic rings. The van der Waals surface area contributed by atoms with E-state index in [1.54, 1.807) is 18.3 Å².